The lowest BCUT2D eigenvalue weighted by atomic mass is 9.85. The van der Waals surface area contributed by atoms with Gasteiger partial charge < -0.3 is 20.4 Å². The van der Waals surface area contributed by atoms with E-state index in [2.05, 4.69) is 27.5 Å². The lowest BCUT2D eigenvalue weighted by molar-refractivity contribution is -0.115. The standard InChI is InChI=1S/C24H28N4O3/c1-2-3-13-31-19-10-7-17(8-11-19)24(30)25-15-22(29)26-18-9-12-20-21(14-18)28-23(27-20)16-5-4-6-16/h7-12,14,16H,2-6,13,15H2,1H3,(H,25,30)(H,26,29)(H,27,28). The van der Waals surface area contributed by atoms with Crippen LogP contribution in [0.5, 0.6) is 5.75 Å². The Kier molecular flexibility index (Phi) is 6.50. The lowest BCUT2D eigenvalue weighted by Gasteiger charge is -2.22. The molecule has 0 spiro atoms. The summed E-state index contributed by atoms with van der Waals surface area (Å²) in [5.41, 5.74) is 2.96. The van der Waals surface area contributed by atoms with Gasteiger partial charge >= 0.3 is 0 Å². The first kappa shape index (κ1) is 20.9. The molecule has 1 aliphatic rings. The Balaban J connectivity index is 1.28. The summed E-state index contributed by atoms with van der Waals surface area (Å²) in [5.74, 6) is 1.70. The highest BCUT2D eigenvalue weighted by atomic mass is 16.5. The number of amides is 2. The molecule has 31 heavy (non-hydrogen) atoms. The van der Waals surface area contributed by atoms with E-state index in [1.165, 1.54) is 19.3 Å². The Bertz CT molecular complexity index is 1050. The van der Waals surface area contributed by atoms with E-state index in [0.29, 0.717) is 23.8 Å². The van der Waals surface area contributed by atoms with E-state index in [9.17, 15) is 9.59 Å². The van der Waals surface area contributed by atoms with Crippen LogP contribution < -0.4 is 15.4 Å². The second-order valence-electron chi connectivity index (χ2n) is 7.94. The molecule has 162 valence electrons. The molecule has 1 aromatic heterocycles. The minimum atomic E-state index is -0.301. The molecule has 7 heteroatoms. The molecule has 2 aromatic carbocycles. The maximum absolute atomic E-state index is 12.3. The Morgan fingerprint density at radius 1 is 1.16 bits per heavy atom. The summed E-state index contributed by atoms with van der Waals surface area (Å²) in [7, 11) is 0. The van der Waals surface area contributed by atoms with Crippen molar-refractivity contribution >= 4 is 28.5 Å². The Hall–Kier alpha value is -3.35. The molecule has 0 saturated heterocycles. The van der Waals surface area contributed by atoms with Crippen molar-refractivity contribution in [1.29, 1.82) is 0 Å². The molecule has 1 heterocycles. The molecule has 0 unspecified atom stereocenters. The van der Waals surface area contributed by atoms with E-state index in [4.69, 9.17) is 4.74 Å². The van der Waals surface area contributed by atoms with E-state index in [1.807, 2.05) is 18.2 Å². The number of nitrogens with one attached hydrogen (secondary N) is 3. The van der Waals surface area contributed by atoms with Crippen molar-refractivity contribution in [3.63, 3.8) is 0 Å². The molecule has 3 aromatic rings. The smallest absolute Gasteiger partial charge is 0.251 e. The normalized spacial score (nSPS) is 13.6. The first-order valence-corrected chi connectivity index (χ1v) is 10.9. The lowest BCUT2D eigenvalue weighted by Crippen LogP contribution is -2.32. The number of hydrogen-bond donors (Lipinski definition) is 3. The van der Waals surface area contributed by atoms with Crippen molar-refractivity contribution in [2.75, 3.05) is 18.5 Å². The number of unbranched alkanes of at least 4 members (excludes halogenated alkanes) is 1. The number of carbonyl (C=O) groups excluding carboxylic acids is 2. The summed E-state index contributed by atoms with van der Waals surface area (Å²) in [5, 5.41) is 5.47. The van der Waals surface area contributed by atoms with Crippen LogP contribution in [-0.4, -0.2) is 34.9 Å². The molecule has 1 fully saturated rings. The van der Waals surface area contributed by atoms with Gasteiger partial charge in [-0.2, -0.15) is 0 Å². The summed E-state index contributed by atoms with van der Waals surface area (Å²) in [6.45, 7) is 2.66. The van der Waals surface area contributed by atoms with Gasteiger partial charge in [-0.05, 0) is 61.7 Å². The number of aromatic amines is 1. The van der Waals surface area contributed by atoms with Crippen LogP contribution in [0.1, 0.15) is 61.1 Å². The van der Waals surface area contributed by atoms with Crippen LogP contribution in [0.25, 0.3) is 11.0 Å². The highest BCUT2D eigenvalue weighted by molar-refractivity contribution is 6.00. The summed E-state index contributed by atoms with van der Waals surface area (Å²) in [6.07, 6.45) is 5.67. The van der Waals surface area contributed by atoms with Crippen LogP contribution >= 0.6 is 0 Å². The van der Waals surface area contributed by atoms with Gasteiger partial charge in [-0.25, -0.2) is 4.98 Å². The zero-order valence-electron chi connectivity index (χ0n) is 17.7. The van der Waals surface area contributed by atoms with Gasteiger partial charge in [0.05, 0.1) is 24.2 Å². The highest BCUT2D eigenvalue weighted by Crippen LogP contribution is 2.35. The molecule has 3 N–H and O–H groups in total. The first-order valence-electron chi connectivity index (χ1n) is 10.9. The second-order valence-corrected chi connectivity index (χ2v) is 7.94. The average Bonchev–Trinajstić information content (AvgIpc) is 3.14. The molecule has 4 rings (SSSR count). The molecule has 0 atom stereocenters. The fraction of sp³-hybridized carbons (Fsp3) is 0.375. The number of hydrogen-bond acceptors (Lipinski definition) is 4. The third kappa shape index (κ3) is 5.23. The molecule has 0 bridgehead atoms. The van der Waals surface area contributed by atoms with Crippen molar-refractivity contribution in [3.8, 4) is 5.75 Å². The van der Waals surface area contributed by atoms with Gasteiger partial charge in [-0.1, -0.05) is 19.8 Å². The number of benzene rings is 2. The number of carbonyl (C=O) groups is 2. The molecule has 1 saturated carbocycles. The van der Waals surface area contributed by atoms with E-state index in [1.54, 1.807) is 24.3 Å². The van der Waals surface area contributed by atoms with Gasteiger partial charge in [0.2, 0.25) is 5.91 Å². The third-order valence-corrected chi connectivity index (χ3v) is 5.57. The number of imidazole rings is 1. The maximum atomic E-state index is 12.3. The zero-order valence-corrected chi connectivity index (χ0v) is 17.7. The second kappa shape index (κ2) is 9.64. The topological polar surface area (TPSA) is 96.1 Å². The molecule has 0 aliphatic heterocycles. The van der Waals surface area contributed by atoms with Crippen molar-refractivity contribution in [2.45, 2.75) is 44.9 Å². The Morgan fingerprint density at radius 3 is 2.68 bits per heavy atom. The zero-order chi connectivity index (χ0) is 21.6. The van der Waals surface area contributed by atoms with Crippen LogP contribution in [0.3, 0.4) is 0 Å². The summed E-state index contributed by atoms with van der Waals surface area (Å²) >= 11 is 0. The highest BCUT2D eigenvalue weighted by Gasteiger charge is 2.22. The van der Waals surface area contributed by atoms with Crippen LogP contribution in [0.2, 0.25) is 0 Å². The van der Waals surface area contributed by atoms with Crippen LogP contribution in [0.15, 0.2) is 42.5 Å². The van der Waals surface area contributed by atoms with Gasteiger partial charge in [-0.15, -0.1) is 0 Å². The number of aromatic nitrogens is 2. The Labute approximate surface area is 181 Å². The molecule has 1 aliphatic carbocycles. The van der Waals surface area contributed by atoms with E-state index in [-0.39, 0.29) is 18.4 Å². The largest absolute Gasteiger partial charge is 0.494 e. The molecule has 2 amide bonds. The minimum Gasteiger partial charge on any atom is -0.494 e. The number of H-pyrrole nitrogens is 1. The van der Waals surface area contributed by atoms with Gasteiger partial charge in [0.25, 0.3) is 5.91 Å². The van der Waals surface area contributed by atoms with Gasteiger partial charge in [0.1, 0.15) is 11.6 Å². The monoisotopic (exact) mass is 420 g/mol. The SMILES string of the molecule is CCCCOc1ccc(C(=O)NCC(=O)Nc2ccc3nc(C4CCC4)[nH]c3c2)cc1. The van der Waals surface area contributed by atoms with Crippen molar-refractivity contribution < 1.29 is 14.3 Å². The van der Waals surface area contributed by atoms with E-state index in [0.717, 1.165) is 35.4 Å². The summed E-state index contributed by atoms with van der Waals surface area (Å²) in [6, 6.07) is 12.5. The number of rotatable bonds is 9. The van der Waals surface area contributed by atoms with Crippen LogP contribution in [0, 0.1) is 0 Å². The summed E-state index contributed by atoms with van der Waals surface area (Å²) in [4.78, 5) is 32.6. The quantitative estimate of drug-likeness (QED) is 0.448. The first-order chi connectivity index (χ1) is 15.1. The van der Waals surface area contributed by atoms with Crippen molar-refractivity contribution in [1.82, 2.24) is 15.3 Å². The maximum Gasteiger partial charge on any atom is 0.251 e. The molecule has 0 radical (unpaired) electrons. The predicted octanol–water partition coefficient (Wildman–Crippen LogP) is 4.38. The molecular weight excluding hydrogens is 392 g/mol. The van der Waals surface area contributed by atoms with E-state index < -0.39 is 0 Å². The summed E-state index contributed by atoms with van der Waals surface area (Å²) < 4.78 is 5.60. The fourth-order valence-corrected chi connectivity index (χ4v) is 3.49. The third-order valence-electron chi connectivity index (χ3n) is 5.57. The Morgan fingerprint density at radius 2 is 1.97 bits per heavy atom. The van der Waals surface area contributed by atoms with E-state index >= 15 is 0 Å². The number of fused-ring (bicyclic) bond motifs is 1. The van der Waals surface area contributed by atoms with Gasteiger partial charge in [0, 0.05) is 17.2 Å². The van der Waals surface area contributed by atoms with Crippen molar-refractivity contribution in [2.24, 2.45) is 0 Å². The van der Waals surface area contributed by atoms with Gasteiger partial charge in [0.15, 0.2) is 0 Å². The molecule has 7 nitrogen and oxygen atoms in total. The van der Waals surface area contributed by atoms with Crippen LogP contribution in [0.4, 0.5) is 5.69 Å². The molecular formula is C24H28N4O3. The number of nitrogens with zero attached hydrogens (tertiary/aromatic N) is 1. The average molecular weight is 421 g/mol. The fourth-order valence-electron chi connectivity index (χ4n) is 3.49. The van der Waals surface area contributed by atoms with Gasteiger partial charge in [-0.3, -0.25) is 9.59 Å². The number of anilines is 1. The number of ether oxygens (including phenoxy) is 1. The minimum absolute atomic E-state index is 0.109. The predicted molar refractivity (Wildman–Crippen MR) is 120 cm³/mol. The van der Waals surface area contributed by atoms with Crippen LogP contribution in [-0.2, 0) is 4.79 Å². The van der Waals surface area contributed by atoms with Crippen molar-refractivity contribution in [3.05, 3.63) is 53.9 Å².